The maximum atomic E-state index is 11.7. The summed E-state index contributed by atoms with van der Waals surface area (Å²) in [6.07, 6.45) is 0. The largest absolute Gasteiger partial charge is 0.465 e. The lowest BCUT2D eigenvalue weighted by Gasteiger charge is -2.23. The second-order valence-corrected chi connectivity index (χ2v) is 5.18. The van der Waals surface area contributed by atoms with Crippen molar-refractivity contribution in [2.45, 2.75) is 20.4 Å². The molecule has 1 amide bonds. The molecule has 1 aromatic rings. The van der Waals surface area contributed by atoms with Crippen molar-refractivity contribution in [1.29, 1.82) is 0 Å². The number of nitrogens with zero attached hydrogens (tertiary/aromatic N) is 1. The van der Waals surface area contributed by atoms with Gasteiger partial charge in [0.15, 0.2) is 0 Å². The minimum absolute atomic E-state index is 0.174. The lowest BCUT2D eigenvalue weighted by Crippen LogP contribution is -2.36. The first-order valence-corrected chi connectivity index (χ1v) is 6.61. The Balaban J connectivity index is 2.92. The van der Waals surface area contributed by atoms with Crippen LogP contribution in [0.15, 0.2) is 24.3 Å². The Bertz CT molecular complexity index is 472. The molecular weight excluding hydrogens is 256 g/mol. The fraction of sp³-hybridized carbons (Fsp3) is 0.467. The number of primary amides is 1. The molecule has 1 rings (SSSR count). The third-order valence-electron chi connectivity index (χ3n) is 2.82. The van der Waals surface area contributed by atoms with E-state index in [1.54, 1.807) is 12.1 Å². The predicted molar refractivity (Wildman–Crippen MR) is 77.1 cm³/mol. The van der Waals surface area contributed by atoms with Crippen molar-refractivity contribution < 1.29 is 14.3 Å². The average Bonchev–Trinajstić information content (AvgIpc) is 2.37. The van der Waals surface area contributed by atoms with Gasteiger partial charge >= 0.3 is 5.97 Å². The zero-order chi connectivity index (χ0) is 15.1. The van der Waals surface area contributed by atoms with Crippen molar-refractivity contribution >= 4 is 11.9 Å². The van der Waals surface area contributed by atoms with Gasteiger partial charge in [-0.25, -0.2) is 4.79 Å². The molecule has 0 heterocycles. The molecule has 0 aliphatic carbocycles. The summed E-state index contributed by atoms with van der Waals surface area (Å²) in [6, 6.07) is 7.23. The third-order valence-corrected chi connectivity index (χ3v) is 2.82. The molecule has 110 valence electrons. The highest BCUT2D eigenvalue weighted by molar-refractivity contribution is 5.91. The highest BCUT2D eigenvalue weighted by Gasteiger charge is 2.16. The number of nitrogens with two attached hydrogens (primary N) is 1. The molecule has 0 aliphatic rings. The van der Waals surface area contributed by atoms with Crippen LogP contribution in [0, 0.1) is 5.92 Å². The molecule has 5 nitrogen and oxygen atoms in total. The molecule has 1 aromatic carbocycles. The Morgan fingerprint density at radius 3 is 2.50 bits per heavy atom. The second-order valence-electron chi connectivity index (χ2n) is 5.18. The number of amides is 1. The number of ether oxygens (including phenoxy) is 1. The minimum Gasteiger partial charge on any atom is -0.465 e. The summed E-state index contributed by atoms with van der Waals surface area (Å²) in [6.45, 7) is 5.54. The van der Waals surface area contributed by atoms with Crippen LogP contribution in [0.4, 0.5) is 0 Å². The second kappa shape index (κ2) is 7.65. The Hall–Kier alpha value is -1.88. The zero-order valence-corrected chi connectivity index (χ0v) is 12.3. The van der Waals surface area contributed by atoms with E-state index in [9.17, 15) is 9.59 Å². The van der Waals surface area contributed by atoms with Crippen LogP contribution in [0.1, 0.15) is 29.8 Å². The van der Waals surface area contributed by atoms with Crippen molar-refractivity contribution in [1.82, 2.24) is 4.90 Å². The van der Waals surface area contributed by atoms with E-state index < -0.39 is 0 Å². The number of carbonyl (C=O) groups excluding carboxylic acids is 2. The molecule has 20 heavy (non-hydrogen) atoms. The van der Waals surface area contributed by atoms with E-state index >= 15 is 0 Å². The summed E-state index contributed by atoms with van der Waals surface area (Å²) in [5, 5.41) is 0. The van der Waals surface area contributed by atoms with Gasteiger partial charge < -0.3 is 10.5 Å². The number of benzene rings is 1. The zero-order valence-electron chi connectivity index (χ0n) is 12.3. The number of hydrogen-bond acceptors (Lipinski definition) is 4. The fourth-order valence-corrected chi connectivity index (χ4v) is 2.13. The smallest absolute Gasteiger partial charge is 0.338 e. The van der Waals surface area contributed by atoms with Crippen molar-refractivity contribution in [2.24, 2.45) is 11.7 Å². The third kappa shape index (κ3) is 5.01. The van der Waals surface area contributed by atoms with E-state index in [0.717, 1.165) is 12.1 Å². The number of hydrogen-bond donors (Lipinski definition) is 1. The monoisotopic (exact) mass is 278 g/mol. The maximum absolute atomic E-state index is 11.7. The van der Waals surface area contributed by atoms with Crippen LogP contribution in [0.25, 0.3) is 0 Å². The van der Waals surface area contributed by atoms with Gasteiger partial charge in [-0.2, -0.15) is 0 Å². The van der Waals surface area contributed by atoms with Crippen molar-refractivity contribution in [3.63, 3.8) is 0 Å². The Labute approximate surface area is 119 Å². The van der Waals surface area contributed by atoms with E-state index in [4.69, 9.17) is 10.5 Å². The molecule has 5 heteroatoms. The normalized spacial score (nSPS) is 10.8. The molecule has 0 unspecified atom stereocenters. The predicted octanol–water partition coefficient (Wildman–Crippen LogP) is 1.42. The number of rotatable bonds is 7. The van der Waals surface area contributed by atoms with Crippen LogP contribution in [0.2, 0.25) is 0 Å². The molecule has 0 fully saturated rings. The topological polar surface area (TPSA) is 72.6 Å². The lowest BCUT2D eigenvalue weighted by atomic mass is 10.1. The number of carbonyl (C=O) groups is 2. The van der Waals surface area contributed by atoms with Gasteiger partial charge in [0, 0.05) is 13.1 Å². The molecule has 0 saturated carbocycles. The summed E-state index contributed by atoms with van der Waals surface area (Å²) in [4.78, 5) is 24.8. The van der Waals surface area contributed by atoms with E-state index in [1.165, 1.54) is 7.11 Å². The maximum Gasteiger partial charge on any atom is 0.338 e. The minimum atomic E-state index is -0.374. The summed E-state index contributed by atoms with van der Waals surface area (Å²) < 4.78 is 4.77. The number of methoxy groups -OCH3 is 1. The molecule has 2 N–H and O–H groups in total. The van der Waals surface area contributed by atoms with E-state index in [0.29, 0.717) is 18.0 Å². The van der Waals surface area contributed by atoms with E-state index in [-0.39, 0.29) is 18.4 Å². The quantitative estimate of drug-likeness (QED) is 0.766. The van der Waals surface area contributed by atoms with E-state index in [1.807, 2.05) is 17.0 Å². The Morgan fingerprint density at radius 1 is 1.30 bits per heavy atom. The Kier molecular flexibility index (Phi) is 6.18. The Morgan fingerprint density at radius 2 is 1.95 bits per heavy atom. The van der Waals surface area contributed by atoms with E-state index in [2.05, 4.69) is 13.8 Å². The van der Waals surface area contributed by atoms with Gasteiger partial charge in [0.2, 0.25) is 5.91 Å². The lowest BCUT2D eigenvalue weighted by molar-refractivity contribution is -0.119. The average molecular weight is 278 g/mol. The molecule has 0 radical (unpaired) electrons. The first kappa shape index (κ1) is 16.2. The first-order valence-electron chi connectivity index (χ1n) is 6.61. The van der Waals surface area contributed by atoms with Crippen molar-refractivity contribution in [3.05, 3.63) is 35.4 Å². The first-order chi connectivity index (χ1) is 9.43. The van der Waals surface area contributed by atoms with Crippen LogP contribution < -0.4 is 5.73 Å². The van der Waals surface area contributed by atoms with Gasteiger partial charge in [-0.3, -0.25) is 9.69 Å². The standard InChI is InChI=1S/C15H22N2O3/c1-11(2)8-17(10-14(16)18)9-12-6-4-5-7-13(12)15(19)20-3/h4-7,11H,8-10H2,1-3H3,(H2,16,18). The number of esters is 1. The summed E-state index contributed by atoms with van der Waals surface area (Å²) in [7, 11) is 1.36. The fourth-order valence-electron chi connectivity index (χ4n) is 2.13. The van der Waals surface area contributed by atoms with Crippen LogP contribution >= 0.6 is 0 Å². The molecule has 0 spiro atoms. The molecule has 0 atom stereocenters. The highest BCUT2D eigenvalue weighted by atomic mass is 16.5. The van der Waals surface area contributed by atoms with Crippen LogP contribution in [-0.2, 0) is 16.1 Å². The molecule has 0 aromatic heterocycles. The summed E-state index contributed by atoms with van der Waals surface area (Å²) >= 11 is 0. The van der Waals surface area contributed by atoms with Crippen LogP contribution in [-0.4, -0.2) is 37.0 Å². The SMILES string of the molecule is COC(=O)c1ccccc1CN(CC(N)=O)CC(C)C. The van der Waals surface area contributed by atoms with Gasteiger partial charge in [-0.1, -0.05) is 32.0 Å². The molecule has 0 bridgehead atoms. The summed E-state index contributed by atoms with van der Waals surface area (Å²) in [5.74, 6) is -0.343. The van der Waals surface area contributed by atoms with Gasteiger partial charge in [0.25, 0.3) is 0 Å². The van der Waals surface area contributed by atoms with Gasteiger partial charge in [0.1, 0.15) is 0 Å². The van der Waals surface area contributed by atoms with Gasteiger partial charge in [0.05, 0.1) is 19.2 Å². The van der Waals surface area contributed by atoms with Crippen molar-refractivity contribution in [3.8, 4) is 0 Å². The van der Waals surface area contributed by atoms with Crippen LogP contribution in [0.5, 0.6) is 0 Å². The van der Waals surface area contributed by atoms with Crippen LogP contribution in [0.3, 0.4) is 0 Å². The molecular formula is C15H22N2O3. The van der Waals surface area contributed by atoms with Gasteiger partial charge in [-0.05, 0) is 17.5 Å². The molecule has 0 aliphatic heterocycles. The van der Waals surface area contributed by atoms with Crippen molar-refractivity contribution in [2.75, 3.05) is 20.2 Å². The molecule has 0 saturated heterocycles. The summed E-state index contributed by atoms with van der Waals surface area (Å²) in [5.41, 5.74) is 6.63. The highest BCUT2D eigenvalue weighted by Crippen LogP contribution is 2.14. The van der Waals surface area contributed by atoms with Gasteiger partial charge in [-0.15, -0.1) is 0 Å².